The molecule has 0 aliphatic rings. The molecule has 1 atom stereocenters. The second kappa shape index (κ2) is 7.03. The standard InChI is InChI=1S/C12H17Br2NO2S/c1-3-4-5-9(2)15-18(16,17)12-8-10(13)6-7-11(12)14/h6-9,15H,3-5H2,1-2H3. The summed E-state index contributed by atoms with van der Waals surface area (Å²) in [6, 6.07) is 5.05. The zero-order valence-electron chi connectivity index (χ0n) is 10.4. The molecule has 1 aromatic rings. The Morgan fingerprint density at radius 1 is 1.33 bits per heavy atom. The summed E-state index contributed by atoms with van der Waals surface area (Å²) in [5.74, 6) is 0. The van der Waals surface area contributed by atoms with Gasteiger partial charge in [-0.2, -0.15) is 0 Å². The molecule has 0 spiro atoms. The summed E-state index contributed by atoms with van der Waals surface area (Å²) in [4.78, 5) is 0.264. The first-order valence-electron chi connectivity index (χ1n) is 5.84. The zero-order valence-corrected chi connectivity index (χ0v) is 14.4. The smallest absolute Gasteiger partial charge is 0.208 e. The van der Waals surface area contributed by atoms with Crippen molar-refractivity contribution in [3.63, 3.8) is 0 Å². The van der Waals surface area contributed by atoms with Crippen LogP contribution in [0.25, 0.3) is 0 Å². The number of hydrogen-bond acceptors (Lipinski definition) is 2. The van der Waals surface area contributed by atoms with Gasteiger partial charge in [0.05, 0.1) is 4.90 Å². The molecule has 18 heavy (non-hydrogen) atoms. The van der Waals surface area contributed by atoms with Crippen LogP contribution in [0.5, 0.6) is 0 Å². The van der Waals surface area contributed by atoms with Crippen LogP contribution in [0.3, 0.4) is 0 Å². The number of unbranched alkanes of at least 4 members (excludes halogenated alkanes) is 1. The molecule has 0 aromatic heterocycles. The van der Waals surface area contributed by atoms with E-state index in [-0.39, 0.29) is 10.9 Å². The van der Waals surface area contributed by atoms with Gasteiger partial charge in [0.15, 0.2) is 0 Å². The molecular weight excluding hydrogens is 382 g/mol. The number of hydrogen-bond donors (Lipinski definition) is 1. The number of rotatable bonds is 6. The van der Waals surface area contributed by atoms with E-state index in [1.54, 1.807) is 18.2 Å². The second-order valence-electron chi connectivity index (χ2n) is 4.24. The fourth-order valence-electron chi connectivity index (χ4n) is 1.58. The number of halogens is 2. The maximum Gasteiger partial charge on any atom is 0.241 e. The highest BCUT2D eigenvalue weighted by Crippen LogP contribution is 2.25. The Kier molecular flexibility index (Phi) is 6.30. The van der Waals surface area contributed by atoms with Crippen LogP contribution in [-0.2, 0) is 10.0 Å². The van der Waals surface area contributed by atoms with Gasteiger partial charge in [-0.1, -0.05) is 35.7 Å². The molecule has 0 aliphatic heterocycles. The molecule has 1 aromatic carbocycles. The fourth-order valence-corrected chi connectivity index (χ4v) is 4.36. The largest absolute Gasteiger partial charge is 0.241 e. The molecule has 0 saturated carbocycles. The Balaban J connectivity index is 2.89. The predicted molar refractivity (Wildman–Crippen MR) is 81.2 cm³/mol. The number of benzene rings is 1. The lowest BCUT2D eigenvalue weighted by Gasteiger charge is -2.14. The number of sulfonamides is 1. The van der Waals surface area contributed by atoms with E-state index in [4.69, 9.17) is 0 Å². The van der Waals surface area contributed by atoms with Crippen molar-refractivity contribution in [2.24, 2.45) is 0 Å². The first-order chi connectivity index (χ1) is 8.36. The monoisotopic (exact) mass is 397 g/mol. The van der Waals surface area contributed by atoms with Crippen LogP contribution >= 0.6 is 31.9 Å². The second-order valence-corrected chi connectivity index (χ2v) is 7.69. The van der Waals surface area contributed by atoms with Gasteiger partial charge in [-0.15, -0.1) is 0 Å². The van der Waals surface area contributed by atoms with Crippen LogP contribution in [0.2, 0.25) is 0 Å². The summed E-state index contributed by atoms with van der Waals surface area (Å²) >= 11 is 6.55. The maximum absolute atomic E-state index is 12.2. The molecule has 0 saturated heterocycles. The summed E-state index contributed by atoms with van der Waals surface area (Å²) in [7, 11) is -3.47. The van der Waals surface area contributed by atoms with Crippen LogP contribution in [0, 0.1) is 0 Å². The summed E-state index contributed by atoms with van der Waals surface area (Å²) < 4.78 is 28.4. The van der Waals surface area contributed by atoms with Crippen molar-refractivity contribution < 1.29 is 8.42 Å². The molecule has 0 aliphatic carbocycles. The van der Waals surface area contributed by atoms with Gasteiger partial charge < -0.3 is 0 Å². The van der Waals surface area contributed by atoms with E-state index < -0.39 is 10.0 Å². The van der Waals surface area contributed by atoms with Crippen molar-refractivity contribution >= 4 is 41.9 Å². The highest BCUT2D eigenvalue weighted by atomic mass is 79.9. The quantitative estimate of drug-likeness (QED) is 0.784. The third-order valence-electron chi connectivity index (χ3n) is 2.53. The van der Waals surface area contributed by atoms with E-state index in [1.165, 1.54) is 0 Å². The molecule has 1 N–H and O–H groups in total. The Morgan fingerprint density at radius 3 is 2.61 bits per heavy atom. The van der Waals surface area contributed by atoms with Gasteiger partial charge in [-0.25, -0.2) is 13.1 Å². The maximum atomic E-state index is 12.2. The minimum atomic E-state index is -3.47. The highest BCUT2D eigenvalue weighted by molar-refractivity contribution is 9.11. The molecule has 0 radical (unpaired) electrons. The highest BCUT2D eigenvalue weighted by Gasteiger charge is 2.20. The van der Waals surface area contributed by atoms with E-state index in [2.05, 4.69) is 43.5 Å². The Morgan fingerprint density at radius 2 is 2.00 bits per heavy atom. The molecule has 0 amide bonds. The van der Waals surface area contributed by atoms with Gasteiger partial charge in [0, 0.05) is 15.0 Å². The van der Waals surface area contributed by atoms with Crippen LogP contribution in [0.4, 0.5) is 0 Å². The average molecular weight is 399 g/mol. The Hall–Kier alpha value is 0.0900. The van der Waals surface area contributed by atoms with Crippen molar-refractivity contribution in [1.29, 1.82) is 0 Å². The molecular formula is C12H17Br2NO2S. The van der Waals surface area contributed by atoms with Crippen LogP contribution < -0.4 is 4.72 Å². The minimum absolute atomic E-state index is 0.0548. The zero-order chi connectivity index (χ0) is 13.8. The van der Waals surface area contributed by atoms with Crippen molar-refractivity contribution in [1.82, 2.24) is 4.72 Å². The van der Waals surface area contributed by atoms with Gasteiger partial charge in [0.25, 0.3) is 0 Å². The first kappa shape index (κ1) is 16.1. The van der Waals surface area contributed by atoms with E-state index in [9.17, 15) is 8.42 Å². The topological polar surface area (TPSA) is 46.2 Å². The van der Waals surface area contributed by atoms with Crippen LogP contribution in [-0.4, -0.2) is 14.5 Å². The average Bonchev–Trinajstić information content (AvgIpc) is 2.29. The SMILES string of the molecule is CCCCC(C)NS(=O)(=O)c1cc(Br)ccc1Br. The molecule has 3 nitrogen and oxygen atoms in total. The number of nitrogens with one attached hydrogen (secondary N) is 1. The Bertz CT molecular complexity index is 503. The van der Waals surface area contributed by atoms with Crippen LogP contribution in [0.1, 0.15) is 33.1 Å². The van der Waals surface area contributed by atoms with Gasteiger partial charge in [0.1, 0.15) is 0 Å². The van der Waals surface area contributed by atoms with E-state index in [0.29, 0.717) is 4.47 Å². The third-order valence-corrected chi connectivity index (χ3v) is 5.61. The summed E-state index contributed by atoms with van der Waals surface area (Å²) in [6.07, 6.45) is 2.93. The van der Waals surface area contributed by atoms with Crippen LogP contribution in [0.15, 0.2) is 32.0 Å². The lowest BCUT2D eigenvalue weighted by atomic mass is 10.2. The van der Waals surface area contributed by atoms with Crippen molar-refractivity contribution in [2.45, 2.75) is 44.0 Å². The fraction of sp³-hybridized carbons (Fsp3) is 0.500. The molecule has 0 fully saturated rings. The first-order valence-corrected chi connectivity index (χ1v) is 8.91. The Labute approximate surface area is 126 Å². The predicted octanol–water partition coefficient (Wildman–Crippen LogP) is 4.07. The van der Waals surface area contributed by atoms with Gasteiger partial charge in [-0.3, -0.25) is 0 Å². The minimum Gasteiger partial charge on any atom is -0.208 e. The van der Waals surface area contributed by atoms with Gasteiger partial charge in [-0.05, 0) is 47.5 Å². The molecule has 1 rings (SSSR count). The lowest BCUT2D eigenvalue weighted by Crippen LogP contribution is -2.32. The molecule has 6 heteroatoms. The third kappa shape index (κ3) is 4.64. The van der Waals surface area contributed by atoms with E-state index in [1.807, 2.05) is 6.92 Å². The molecule has 102 valence electrons. The summed E-state index contributed by atoms with van der Waals surface area (Å²) in [5.41, 5.74) is 0. The molecule has 0 bridgehead atoms. The summed E-state index contributed by atoms with van der Waals surface area (Å²) in [6.45, 7) is 3.98. The molecule has 1 unspecified atom stereocenters. The molecule has 0 heterocycles. The van der Waals surface area contributed by atoms with E-state index >= 15 is 0 Å². The van der Waals surface area contributed by atoms with Crippen molar-refractivity contribution in [3.8, 4) is 0 Å². The van der Waals surface area contributed by atoms with Crippen molar-refractivity contribution in [2.75, 3.05) is 0 Å². The van der Waals surface area contributed by atoms with Gasteiger partial charge >= 0.3 is 0 Å². The van der Waals surface area contributed by atoms with Crippen molar-refractivity contribution in [3.05, 3.63) is 27.1 Å². The lowest BCUT2D eigenvalue weighted by molar-refractivity contribution is 0.534. The van der Waals surface area contributed by atoms with Gasteiger partial charge in [0.2, 0.25) is 10.0 Å². The normalized spacial score (nSPS) is 13.6. The van der Waals surface area contributed by atoms with E-state index in [0.717, 1.165) is 23.7 Å². The summed E-state index contributed by atoms with van der Waals surface area (Å²) in [5, 5.41) is 0.